The highest BCUT2D eigenvalue weighted by atomic mass is 32.2. The lowest BCUT2D eigenvalue weighted by Crippen LogP contribution is -2.35. The average molecular weight is 772 g/mol. The van der Waals surface area contributed by atoms with Crippen molar-refractivity contribution in [1.29, 1.82) is 0 Å². The number of nitrogens with zero attached hydrogens (tertiary/aromatic N) is 1. The van der Waals surface area contributed by atoms with Crippen LogP contribution in [0.1, 0.15) is 76.5 Å². The molecular weight excluding hydrogens is 719 g/mol. The van der Waals surface area contributed by atoms with Gasteiger partial charge in [-0.05, 0) is 152 Å². The van der Waals surface area contributed by atoms with E-state index in [1.54, 1.807) is 11.1 Å². The Kier molecular flexibility index (Phi) is 9.25. The van der Waals surface area contributed by atoms with Crippen LogP contribution in [0.4, 0.5) is 17.1 Å². The van der Waals surface area contributed by atoms with Gasteiger partial charge in [0.1, 0.15) is 0 Å². The van der Waals surface area contributed by atoms with E-state index in [1.165, 1.54) is 74.2 Å². The van der Waals surface area contributed by atoms with Gasteiger partial charge in [-0.15, -0.1) is 11.8 Å². The second-order valence-corrected chi connectivity index (χ2v) is 19.6. The molecule has 3 aliphatic rings. The quantitative estimate of drug-likeness (QED) is 0.166. The predicted octanol–water partition coefficient (Wildman–Crippen LogP) is 16.3. The van der Waals surface area contributed by atoms with E-state index in [-0.39, 0.29) is 5.41 Å². The summed E-state index contributed by atoms with van der Waals surface area (Å²) < 4.78 is 0. The zero-order valence-electron chi connectivity index (χ0n) is 34.5. The van der Waals surface area contributed by atoms with Crippen LogP contribution in [0.25, 0.3) is 44.5 Å². The van der Waals surface area contributed by atoms with Crippen molar-refractivity contribution in [3.63, 3.8) is 0 Å². The average Bonchev–Trinajstić information content (AvgIpc) is 3.49. The van der Waals surface area contributed by atoms with Crippen molar-refractivity contribution in [2.24, 2.45) is 17.3 Å². The fourth-order valence-electron chi connectivity index (χ4n) is 10.7. The van der Waals surface area contributed by atoms with Crippen LogP contribution in [0.15, 0.2) is 169 Å². The molecule has 0 N–H and O–H groups in total. The van der Waals surface area contributed by atoms with E-state index in [0.29, 0.717) is 17.3 Å². The highest BCUT2D eigenvalue weighted by Gasteiger charge is 2.50. The van der Waals surface area contributed by atoms with Crippen LogP contribution in [-0.2, 0) is 11.2 Å². The topological polar surface area (TPSA) is 3.24 Å². The first-order valence-electron chi connectivity index (χ1n) is 21.3. The fourth-order valence-corrected chi connectivity index (χ4v) is 11.7. The lowest BCUT2D eigenvalue weighted by molar-refractivity contribution is 0.102. The van der Waals surface area contributed by atoms with Crippen molar-refractivity contribution in [3.8, 4) is 44.5 Å². The van der Waals surface area contributed by atoms with Gasteiger partial charge in [0.25, 0.3) is 0 Å². The molecule has 1 fully saturated rings. The summed E-state index contributed by atoms with van der Waals surface area (Å²) >= 11 is 1.94. The summed E-state index contributed by atoms with van der Waals surface area (Å²) in [5.74, 6) is 3.17. The lowest BCUT2D eigenvalue weighted by Gasteiger charge is -2.43. The normalized spacial score (nSPS) is 19.1. The summed E-state index contributed by atoms with van der Waals surface area (Å²) in [5, 5.41) is 0. The van der Waals surface area contributed by atoms with E-state index >= 15 is 0 Å². The Morgan fingerprint density at radius 3 is 1.93 bits per heavy atom. The minimum atomic E-state index is 0.208. The van der Waals surface area contributed by atoms with Crippen molar-refractivity contribution in [2.45, 2.75) is 75.9 Å². The summed E-state index contributed by atoms with van der Waals surface area (Å²) in [4.78, 5) is 3.78. The van der Waals surface area contributed by atoms with E-state index in [2.05, 4.69) is 203 Å². The van der Waals surface area contributed by atoms with Crippen LogP contribution < -0.4 is 4.90 Å². The maximum absolute atomic E-state index is 2.55. The fraction of sp³-hybridized carbons (Fsp3) is 0.250. The highest BCUT2D eigenvalue weighted by Crippen LogP contribution is 2.60. The Hall–Kier alpha value is -5.31. The molecular formula is C56H53NS. The number of fused-ring (bicyclic) bond motifs is 6. The summed E-state index contributed by atoms with van der Waals surface area (Å²) in [5.41, 5.74) is 18.9. The van der Waals surface area contributed by atoms with E-state index < -0.39 is 0 Å². The summed E-state index contributed by atoms with van der Waals surface area (Å²) in [6, 6.07) is 61.3. The molecule has 2 heteroatoms. The van der Waals surface area contributed by atoms with E-state index in [4.69, 9.17) is 0 Å². The van der Waals surface area contributed by atoms with E-state index in [1.807, 2.05) is 11.8 Å². The number of rotatable bonds is 6. The molecule has 7 aromatic carbocycles. The molecule has 10 rings (SSSR count). The molecule has 0 saturated heterocycles. The third kappa shape index (κ3) is 6.51. The van der Waals surface area contributed by atoms with Crippen LogP contribution in [0.3, 0.4) is 0 Å². The third-order valence-electron chi connectivity index (χ3n) is 13.9. The number of hydrogen-bond donors (Lipinski definition) is 0. The van der Waals surface area contributed by atoms with Gasteiger partial charge in [0.15, 0.2) is 0 Å². The van der Waals surface area contributed by atoms with Gasteiger partial charge in [0.05, 0.1) is 0 Å². The molecule has 1 saturated carbocycles. The Morgan fingerprint density at radius 1 is 0.552 bits per heavy atom. The Morgan fingerprint density at radius 2 is 1.17 bits per heavy atom. The van der Waals surface area contributed by atoms with Gasteiger partial charge in [0.2, 0.25) is 0 Å². The van der Waals surface area contributed by atoms with Crippen LogP contribution >= 0.6 is 11.8 Å². The molecule has 0 radical (unpaired) electrons. The van der Waals surface area contributed by atoms with Gasteiger partial charge in [-0.1, -0.05) is 156 Å². The van der Waals surface area contributed by atoms with Crippen LogP contribution in [0.5, 0.6) is 0 Å². The maximum atomic E-state index is 2.55. The largest absolute Gasteiger partial charge is 0.310 e. The maximum Gasteiger partial charge on any atom is 0.0467 e. The molecule has 3 unspecified atom stereocenters. The molecule has 7 aromatic rings. The first kappa shape index (κ1) is 37.0. The zero-order valence-corrected chi connectivity index (χ0v) is 35.3. The summed E-state index contributed by atoms with van der Waals surface area (Å²) in [6.45, 7) is 12.4. The standard InChI is InChI=1S/C56H53NS/c1-55(2,3)43-26-31-48-50-34-41(25-32-51(50)56(4,5)52(48)35-43)38-21-27-44(28-22-38)57(46-17-11-15-40(33-46)37-13-7-6-8-14-37)45-29-23-39(24-30-45)47-19-12-16-42-36-58-53-20-10-9-18-49(53)54(42)47/h6-25,27-30,32-34,43,48,52H,26,31,35-36H2,1-5H3. The molecule has 2 aliphatic carbocycles. The Labute approximate surface area is 350 Å². The second-order valence-electron chi connectivity index (χ2n) is 18.6. The van der Waals surface area contributed by atoms with Gasteiger partial charge in [-0.25, -0.2) is 0 Å². The molecule has 1 nitrogen and oxygen atoms in total. The van der Waals surface area contributed by atoms with Gasteiger partial charge in [-0.3, -0.25) is 0 Å². The van der Waals surface area contributed by atoms with Gasteiger partial charge in [-0.2, -0.15) is 0 Å². The van der Waals surface area contributed by atoms with Crippen LogP contribution in [0, 0.1) is 17.3 Å². The third-order valence-corrected chi connectivity index (χ3v) is 15.1. The molecule has 1 heterocycles. The first-order chi connectivity index (χ1) is 28.1. The molecule has 58 heavy (non-hydrogen) atoms. The molecule has 1 aliphatic heterocycles. The van der Waals surface area contributed by atoms with E-state index in [9.17, 15) is 0 Å². The van der Waals surface area contributed by atoms with Crippen molar-refractivity contribution < 1.29 is 0 Å². The van der Waals surface area contributed by atoms with Gasteiger partial charge in [0, 0.05) is 27.7 Å². The number of hydrogen-bond acceptors (Lipinski definition) is 2. The molecule has 0 bridgehead atoms. The predicted molar refractivity (Wildman–Crippen MR) is 248 cm³/mol. The van der Waals surface area contributed by atoms with Crippen molar-refractivity contribution >= 4 is 28.8 Å². The minimum Gasteiger partial charge on any atom is -0.310 e. The van der Waals surface area contributed by atoms with Crippen molar-refractivity contribution in [3.05, 3.63) is 180 Å². The highest BCUT2D eigenvalue weighted by molar-refractivity contribution is 7.98. The monoisotopic (exact) mass is 771 g/mol. The molecule has 0 aromatic heterocycles. The smallest absolute Gasteiger partial charge is 0.0467 e. The number of benzene rings is 7. The van der Waals surface area contributed by atoms with Crippen LogP contribution in [0.2, 0.25) is 0 Å². The molecule has 3 atom stereocenters. The summed E-state index contributed by atoms with van der Waals surface area (Å²) in [6.07, 6.45) is 3.98. The van der Waals surface area contributed by atoms with Gasteiger partial charge >= 0.3 is 0 Å². The number of anilines is 3. The molecule has 288 valence electrons. The van der Waals surface area contributed by atoms with Gasteiger partial charge < -0.3 is 4.90 Å². The Bertz CT molecular complexity index is 2610. The van der Waals surface area contributed by atoms with E-state index in [0.717, 1.165) is 28.7 Å². The zero-order chi connectivity index (χ0) is 39.6. The minimum absolute atomic E-state index is 0.208. The Balaban J connectivity index is 1.01. The van der Waals surface area contributed by atoms with Crippen molar-refractivity contribution in [1.82, 2.24) is 0 Å². The summed E-state index contributed by atoms with van der Waals surface area (Å²) in [7, 11) is 0. The number of thioether (sulfide) groups is 1. The molecule has 0 amide bonds. The SMILES string of the molecule is CC(C)(C)C1CCC2c3cc(-c4ccc(N(c5ccc(-c6cccc7c6-c6ccccc6SC7)cc5)c5cccc(-c6ccccc6)c5)cc4)ccc3C(C)(C)C2C1. The lowest BCUT2D eigenvalue weighted by atomic mass is 9.61. The second kappa shape index (κ2) is 14.5. The van der Waals surface area contributed by atoms with Crippen molar-refractivity contribution in [2.75, 3.05) is 4.90 Å². The molecule has 0 spiro atoms. The van der Waals surface area contributed by atoms with Crippen LogP contribution in [-0.4, -0.2) is 0 Å². The first-order valence-corrected chi connectivity index (χ1v) is 22.3.